The molecule has 1 saturated heterocycles. The molecule has 2 heterocycles. The Bertz CT molecular complexity index is 985. The summed E-state index contributed by atoms with van der Waals surface area (Å²) in [5.74, 6) is 8.67. The Kier molecular flexibility index (Phi) is 3.93. The largest absolute Gasteiger partial charge is 0.486 e. The van der Waals surface area contributed by atoms with Gasteiger partial charge in [-0.25, -0.2) is 0 Å². The fourth-order valence-electron chi connectivity index (χ4n) is 9.75. The monoisotopic (exact) mass is 448 g/mol. The maximum atomic E-state index is 13.3. The van der Waals surface area contributed by atoms with Gasteiger partial charge >= 0.3 is 0 Å². The first-order valence-corrected chi connectivity index (χ1v) is 13.2. The second-order valence-electron chi connectivity index (χ2n) is 11.7. The second-order valence-corrected chi connectivity index (χ2v) is 11.7. The first-order chi connectivity index (χ1) is 16.2. The molecule has 1 N–H and O–H groups in total. The van der Waals surface area contributed by atoms with Crippen LogP contribution in [0, 0.1) is 59.2 Å². The summed E-state index contributed by atoms with van der Waals surface area (Å²) in [5, 5.41) is 3.45. The van der Waals surface area contributed by atoms with E-state index in [1.807, 2.05) is 24.3 Å². The van der Waals surface area contributed by atoms with Gasteiger partial charge in [0.15, 0.2) is 11.5 Å². The minimum atomic E-state index is 0.00725. The number of amides is 2. The molecular formula is C27H32N2O4. The Morgan fingerprint density at radius 1 is 0.848 bits per heavy atom. The molecule has 6 nitrogen and oxygen atoms in total. The summed E-state index contributed by atoms with van der Waals surface area (Å²) in [6, 6.07) is 7.77. The number of unbranched alkanes of at least 4 members (excludes halogenated alkanes) is 1. The topological polar surface area (TPSA) is 67.9 Å². The zero-order valence-corrected chi connectivity index (χ0v) is 18.9. The van der Waals surface area contributed by atoms with Gasteiger partial charge in [-0.2, -0.15) is 0 Å². The Balaban J connectivity index is 0.834. The molecule has 9 unspecified atom stereocenters. The summed E-state index contributed by atoms with van der Waals surface area (Å²) >= 11 is 0. The van der Waals surface area contributed by atoms with Crippen molar-refractivity contribution in [3.05, 3.63) is 24.3 Å². The number of likely N-dealkylation sites (tertiary alicyclic amines) is 1. The predicted octanol–water partition coefficient (Wildman–Crippen LogP) is 2.58. The van der Waals surface area contributed by atoms with Crippen LogP contribution in [-0.4, -0.2) is 49.1 Å². The number of carbonyl (C=O) groups excluding carboxylic acids is 2. The molecule has 0 aromatic heterocycles. The van der Waals surface area contributed by atoms with Crippen molar-refractivity contribution in [2.45, 2.75) is 31.8 Å². The Hall–Kier alpha value is -2.08. The van der Waals surface area contributed by atoms with Gasteiger partial charge in [0.1, 0.15) is 12.7 Å². The van der Waals surface area contributed by atoms with Crippen LogP contribution in [0.5, 0.6) is 11.5 Å². The van der Waals surface area contributed by atoms with Gasteiger partial charge in [-0.1, -0.05) is 12.1 Å². The average molecular weight is 449 g/mol. The quantitative estimate of drug-likeness (QED) is 0.513. The van der Waals surface area contributed by atoms with Gasteiger partial charge in [-0.05, 0) is 91.7 Å². The van der Waals surface area contributed by atoms with Gasteiger partial charge in [-0.3, -0.25) is 14.5 Å². The number of para-hydroxylation sites is 2. The minimum absolute atomic E-state index is 0.00725. The number of nitrogens with one attached hydrogen (secondary N) is 1. The zero-order valence-electron chi connectivity index (χ0n) is 18.9. The van der Waals surface area contributed by atoms with E-state index < -0.39 is 0 Å². The van der Waals surface area contributed by atoms with Crippen LogP contribution in [0.25, 0.3) is 0 Å². The molecule has 2 aliphatic heterocycles. The lowest BCUT2D eigenvalue weighted by Gasteiger charge is -2.32. The summed E-state index contributed by atoms with van der Waals surface area (Å²) in [6.45, 7) is 2.73. The van der Waals surface area contributed by atoms with E-state index in [0.29, 0.717) is 25.0 Å². The van der Waals surface area contributed by atoms with Crippen molar-refractivity contribution < 1.29 is 19.1 Å². The lowest BCUT2D eigenvalue weighted by Crippen LogP contribution is -2.48. The van der Waals surface area contributed by atoms with Crippen molar-refractivity contribution in [3.8, 4) is 11.5 Å². The van der Waals surface area contributed by atoms with Crippen molar-refractivity contribution in [1.82, 2.24) is 10.2 Å². The molecule has 1 aromatic rings. The van der Waals surface area contributed by atoms with E-state index in [9.17, 15) is 9.59 Å². The molecule has 7 fully saturated rings. The minimum Gasteiger partial charge on any atom is -0.486 e. The second kappa shape index (κ2) is 6.74. The van der Waals surface area contributed by atoms with Crippen LogP contribution in [-0.2, 0) is 9.59 Å². The first-order valence-electron chi connectivity index (χ1n) is 13.2. The van der Waals surface area contributed by atoms with Gasteiger partial charge in [0.2, 0.25) is 11.8 Å². The lowest BCUT2D eigenvalue weighted by molar-refractivity contribution is -0.154. The molecule has 6 aliphatic carbocycles. The zero-order chi connectivity index (χ0) is 21.8. The highest BCUT2D eigenvalue weighted by Gasteiger charge is 2.83. The van der Waals surface area contributed by atoms with Crippen molar-refractivity contribution in [2.75, 3.05) is 26.2 Å². The van der Waals surface area contributed by atoms with Gasteiger partial charge in [0, 0.05) is 24.9 Å². The SMILES string of the molecule is O=C1C2CC(C(=O)N1CCCCNCC1COc3ccccc3O1)C1C2C2C3CC4C2C4C31. The summed E-state index contributed by atoms with van der Waals surface area (Å²) in [6.07, 6.45) is 4.10. The number of carbonyl (C=O) groups is 2. The Morgan fingerprint density at radius 3 is 2.21 bits per heavy atom. The van der Waals surface area contributed by atoms with E-state index in [1.165, 1.54) is 6.42 Å². The molecule has 8 aliphatic rings. The van der Waals surface area contributed by atoms with Crippen LogP contribution in [0.15, 0.2) is 24.3 Å². The Morgan fingerprint density at radius 2 is 1.52 bits per heavy atom. The molecule has 0 spiro atoms. The highest BCUT2D eigenvalue weighted by Crippen LogP contribution is 2.86. The molecule has 174 valence electrons. The molecule has 2 amide bonds. The number of nitrogens with zero attached hydrogens (tertiary/aromatic N) is 1. The molecule has 9 rings (SSSR count). The third kappa shape index (κ3) is 2.48. The number of imide groups is 1. The van der Waals surface area contributed by atoms with Crippen LogP contribution in [0.4, 0.5) is 0 Å². The molecule has 6 saturated carbocycles. The third-order valence-electron chi connectivity index (χ3n) is 10.6. The molecular weight excluding hydrogens is 416 g/mol. The van der Waals surface area contributed by atoms with Crippen LogP contribution < -0.4 is 14.8 Å². The maximum Gasteiger partial charge on any atom is 0.232 e. The van der Waals surface area contributed by atoms with Crippen LogP contribution >= 0.6 is 0 Å². The van der Waals surface area contributed by atoms with E-state index >= 15 is 0 Å². The molecule has 33 heavy (non-hydrogen) atoms. The normalized spacial score (nSPS) is 46.8. The summed E-state index contributed by atoms with van der Waals surface area (Å²) in [5.41, 5.74) is 0. The number of benzene rings is 1. The smallest absolute Gasteiger partial charge is 0.232 e. The predicted molar refractivity (Wildman–Crippen MR) is 119 cm³/mol. The number of hydrogen-bond acceptors (Lipinski definition) is 5. The number of piperidine rings is 1. The maximum absolute atomic E-state index is 13.3. The van der Waals surface area contributed by atoms with Gasteiger partial charge in [0.25, 0.3) is 0 Å². The standard InChI is InChI=1S/C27H32N2O4/c30-26-16-10-17(25-23-15-9-14-20(21(14)23)22(15)24(16)25)27(31)29(26)8-4-3-7-28-11-13-12-32-18-5-1-2-6-19(18)33-13/h1-2,5-6,13-17,20-25,28H,3-4,7-12H2. The molecule has 1 aromatic carbocycles. The molecule has 6 heteroatoms. The van der Waals surface area contributed by atoms with Gasteiger partial charge in [-0.15, -0.1) is 0 Å². The number of hydrogen-bond donors (Lipinski definition) is 1. The van der Waals surface area contributed by atoms with E-state index in [2.05, 4.69) is 5.32 Å². The number of ether oxygens (including phenoxy) is 2. The Labute approximate surface area is 194 Å². The van der Waals surface area contributed by atoms with Gasteiger partial charge in [0.05, 0.1) is 0 Å². The van der Waals surface area contributed by atoms with Crippen LogP contribution in [0.2, 0.25) is 0 Å². The summed E-state index contributed by atoms with van der Waals surface area (Å²) in [4.78, 5) is 28.3. The van der Waals surface area contributed by atoms with Crippen molar-refractivity contribution in [3.63, 3.8) is 0 Å². The molecule has 0 radical (unpaired) electrons. The van der Waals surface area contributed by atoms with E-state index in [1.54, 1.807) is 4.90 Å². The fourth-order valence-corrected chi connectivity index (χ4v) is 9.75. The third-order valence-corrected chi connectivity index (χ3v) is 10.6. The lowest BCUT2D eigenvalue weighted by atomic mass is 9.76. The van der Waals surface area contributed by atoms with E-state index in [4.69, 9.17) is 9.47 Å². The highest BCUT2D eigenvalue weighted by atomic mass is 16.6. The number of rotatable bonds is 7. The molecule has 8 bridgehead atoms. The van der Waals surface area contributed by atoms with Crippen LogP contribution in [0.3, 0.4) is 0 Å². The van der Waals surface area contributed by atoms with Gasteiger partial charge < -0.3 is 14.8 Å². The summed E-state index contributed by atoms with van der Waals surface area (Å²) in [7, 11) is 0. The van der Waals surface area contributed by atoms with E-state index in [-0.39, 0.29) is 29.8 Å². The average Bonchev–Trinajstić information content (AvgIpc) is 3.28. The highest BCUT2D eigenvalue weighted by molar-refractivity contribution is 6.01. The summed E-state index contributed by atoms with van der Waals surface area (Å²) < 4.78 is 11.8. The van der Waals surface area contributed by atoms with Crippen molar-refractivity contribution >= 4 is 11.8 Å². The number of fused-ring (bicyclic) bond motifs is 6. The first kappa shape index (κ1) is 19.2. The fraction of sp³-hybridized carbons (Fsp3) is 0.704. The molecule has 9 atom stereocenters. The van der Waals surface area contributed by atoms with Crippen molar-refractivity contribution in [2.24, 2.45) is 59.2 Å². The van der Waals surface area contributed by atoms with Crippen molar-refractivity contribution in [1.29, 1.82) is 0 Å². The van der Waals surface area contributed by atoms with E-state index in [0.717, 1.165) is 79.4 Å². The van der Waals surface area contributed by atoms with Crippen LogP contribution in [0.1, 0.15) is 25.7 Å².